The molecule has 0 aliphatic carbocycles. The second-order valence-electron chi connectivity index (χ2n) is 3.22. The van der Waals surface area contributed by atoms with Crippen molar-refractivity contribution in [2.75, 3.05) is 0 Å². The lowest BCUT2D eigenvalue weighted by Crippen LogP contribution is -2.02. The Bertz CT molecular complexity index is 537. The highest BCUT2D eigenvalue weighted by atomic mass is 16.4. The molecule has 1 aromatic carbocycles. The second kappa shape index (κ2) is 4.02. The molecule has 0 unspecified atom stereocenters. The number of phenols is 1. The van der Waals surface area contributed by atoms with Gasteiger partial charge in [0.15, 0.2) is 5.69 Å². The number of para-hydroxylation sites is 1. The highest BCUT2D eigenvalue weighted by Gasteiger charge is 2.14. The Balaban J connectivity index is 2.65. The zero-order valence-electron chi connectivity index (χ0n) is 8.29. The van der Waals surface area contributed by atoms with Crippen molar-refractivity contribution in [3.05, 3.63) is 48.3 Å². The van der Waals surface area contributed by atoms with Crippen LogP contribution in [0.3, 0.4) is 0 Å². The van der Waals surface area contributed by atoms with Crippen LogP contribution in [0.15, 0.2) is 42.6 Å². The van der Waals surface area contributed by atoms with Crippen LogP contribution in [0.4, 0.5) is 0 Å². The number of aromatic nitrogens is 1. The predicted octanol–water partition coefficient (Wildman–Crippen LogP) is 2.15. The van der Waals surface area contributed by atoms with Crippen LogP contribution < -0.4 is 0 Å². The van der Waals surface area contributed by atoms with E-state index in [2.05, 4.69) is 4.98 Å². The Morgan fingerprint density at radius 2 is 1.75 bits per heavy atom. The summed E-state index contributed by atoms with van der Waals surface area (Å²) < 4.78 is 0. The van der Waals surface area contributed by atoms with Crippen LogP contribution in [0.2, 0.25) is 0 Å². The summed E-state index contributed by atoms with van der Waals surface area (Å²) in [5, 5.41) is 18.6. The third kappa shape index (κ3) is 1.72. The van der Waals surface area contributed by atoms with E-state index in [-0.39, 0.29) is 11.4 Å². The third-order valence-electron chi connectivity index (χ3n) is 2.20. The molecule has 0 aliphatic rings. The van der Waals surface area contributed by atoms with Crippen LogP contribution in [0.5, 0.6) is 5.75 Å². The Labute approximate surface area is 91.8 Å². The lowest BCUT2D eigenvalue weighted by molar-refractivity contribution is 0.0691. The van der Waals surface area contributed by atoms with E-state index in [9.17, 15) is 9.90 Å². The number of aromatic carboxylic acids is 1. The molecule has 1 aromatic heterocycles. The average molecular weight is 215 g/mol. The van der Waals surface area contributed by atoms with Crippen LogP contribution >= 0.6 is 0 Å². The summed E-state index contributed by atoms with van der Waals surface area (Å²) in [6.45, 7) is 0. The first kappa shape index (κ1) is 10.2. The van der Waals surface area contributed by atoms with Gasteiger partial charge in [-0.3, -0.25) is 0 Å². The number of carboxylic acids is 1. The molecule has 0 amide bonds. The van der Waals surface area contributed by atoms with Gasteiger partial charge in [-0.1, -0.05) is 24.3 Å². The van der Waals surface area contributed by atoms with Gasteiger partial charge in [0.05, 0.1) is 0 Å². The van der Waals surface area contributed by atoms with Gasteiger partial charge in [0.25, 0.3) is 0 Å². The minimum atomic E-state index is -1.11. The van der Waals surface area contributed by atoms with E-state index < -0.39 is 5.97 Å². The van der Waals surface area contributed by atoms with Crippen LogP contribution in [0.1, 0.15) is 10.5 Å². The number of benzene rings is 1. The summed E-state index contributed by atoms with van der Waals surface area (Å²) in [5.41, 5.74) is 0.810. The van der Waals surface area contributed by atoms with E-state index >= 15 is 0 Å². The molecule has 4 nitrogen and oxygen atoms in total. The molecule has 2 rings (SSSR count). The number of hydrogen-bond donors (Lipinski definition) is 2. The number of pyridine rings is 1. The first-order chi connectivity index (χ1) is 7.70. The number of phenolic OH excluding ortho intramolecular Hbond substituents is 1. The minimum Gasteiger partial charge on any atom is -0.507 e. The summed E-state index contributed by atoms with van der Waals surface area (Å²) in [7, 11) is 0. The number of aromatic hydroxyl groups is 1. The Morgan fingerprint density at radius 3 is 2.44 bits per heavy atom. The Hall–Kier alpha value is -2.36. The van der Waals surface area contributed by atoms with E-state index in [0.29, 0.717) is 11.1 Å². The van der Waals surface area contributed by atoms with Gasteiger partial charge in [0, 0.05) is 17.3 Å². The van der Waals surface area contributed by atoms with Crippen molar-refractivity contribution in [2.45, 2.75) is 0 Å². The predicted molar refractivity (Wildman–Crippen MR) is 58.3 cm³/mol. The molecule has 0 atom stereocenters. The van der Waals surface area contributed by atoms with Crippen molar-refractivity contribution in [1.29, 1.82) is 0 Å². The van der Waals surface area contributed by atoms with Gasteiger partial charge >= 0.3 is 5.97 Å². The van der Waals surface area contributed by atoms with Crippen molar-refractivity contribution in [3.8, 4) is 16.9 Å². The summed E-state index contributed by atoms with van der Waals surface area (Å²) >= 11 is 0. The minimum absolute atomic E-state index is 0.0398. The molecule has 0 saturated carbocycles. The lowest BCUT2D eigenvalue weighted by Gasteiger charge is -2.06. The second-order valence-corrected chi connectivity index (χ2v) is 3.22. The standard InChI is InChI=1S/C12H9NO3/c14-10-6-2-1-4-8(10)9-5-3-7-13-11(9)12(15)16/h1-7,14H,(H,15,16). The summed E-state index contributed by atoms with van der Waals surface area (Å²) in [5.74, 6) is -1.07. The number of carbonyl (C=O) groups is 1. The fraction of sp³-hybridized carbons (Fsp3) is 0. The van der Waals surface area contributed by atoms with E-state index in [4.69, 9.17) is 5.11 Å². The van der Waals surface area contributed by atoms with Gasteiger partial charge in [-0.2, -0.15) is 0 Å². The van der Waals surface area contributed by atoms with Crippen LogP contribution in [-0.4, -0.2) is 21.2 Å². The van der Waals surface area contributed by atoms with E-state index in [1.807, 2.05) is 0 Å². The van der Waals surface area contributed by atoms with Gasteiger partial charge in [-0.05, 0) is 12.1 Å². The summed E-state index contributed by atoms with van der Waals surface area (Å²) in [6.07, 6.45) is 1.41. The van der Waals surface area contributed by atoms with Gasteiger partial charge in [-0.25, -0.2) is 9.78 Å². The van der Waals surface area contributed by atoms with Gasteiger partial charge in [-0.15, -0.1) is 0 Å². The van der Waals surface area contributed by atoms with Crippen molar-refractivity contribution in [2.24, 2.45) is 0 Å². The molecular weight excluding hydrogens is 206 g/mol. The highest BCUT2D eigenvalue weighted by molar-refractivity contribution is 5.94. The number of rotatable bonds is 2. The van der Waals surface area contributed by atoms with Crippen molar-refractivity contribution >= 4 is 5.97 Å². The average Bonchev–Trinajstić information content (AvgIpc) is 2.29. The molecule has 0 bridgehead atoms. The molecule has 0 spiro atoms. The fourth-order valence-electron chi connectivity index (χ4n) is 1.49. The first-order valence-electron chi connectivity index (χ1n) is 4.67. The molecule has 0 fully saturated rings. The number of carboxylic acid groups (broad SMARTS) is 1. The zero-order valence-corrected chi connectivity index (χ0v) is 8.29. The quantitative estimate of drug-likeness (QED) is 0.805. The van der Waals surface area contributed by atoms with Gasteiger partial charge in [0.1, 0.15) is 5.75 Å². The summed E-state index contributed by atoms with van der Waals surface area (Å²) in [4.78, 5) is 14.7. The maximum Gasteiger partial charge on any atom is 0.355 e. The van der Waals surface area contributed by atoms with Crippen LogP contribution in [0.25, 0.3) is 11.1 Å². The lowest BCUT2D eigenvalue weighted by atomic mass is 10.0. The molecule has 0 saturated heterocycles. The summed E-state index contributed by atoms with van der Waals surface area (Å²) in [6, 6.07) is 9.82. The van der Waals surface area contributed by atoms with E-state index in [1.54, 1.807) is 30.3 Å². The molecule has 4 heteroatoms. The topological polar surface area (TPSA) is 70.4 Å². The van der Waals surface area contributed by atoms with Gasteiger partial charge < -0.3 is 10.2 Å². The highest BCUT2D eigenvalue weighted by Crippen LogP contribution is 2.30. The van der Waals surface area contributed by atoms with Crippen molar-refractivity contribution < 1.29 is 15.0 Å². The van der Waals surface area contributed by atoms with E-state index in [1.165, 1.54) is 12.3 Å². The normalized spacial score (nSPS) is 10.0. The number of nitrogens with zero attached hydrogens (tertiary/aromatic N) is 1. The van der Waals surface area contributed by atoms with E-state index in [0.717, 1.165) is 0 Å². The molecule has 0 radical (unpaired) electrons. The number of hydrogen-bond acceptors (Lipinski definition) is 3. The monoisotopic (exact) mass is 215 g/mol. The smallest absolute Gasteiger partial charge is 0.355 e. The molecule has 0 aliphatic heterocycles. The fourth-order valence-corrected chi connectivity index (χ4v) is 1.49. The van der Waals surface area contributed by atoms with Crippen LogP contribution in [0, 0.1) is 0 Å². The van der Waals surface area contributed by atoms with Crippen molar-refractivity contribution in [1.82, 2.24) is 4.98 Å². The van der Waals surface area contributed by atoms with Crippen LogP contribution in [-0.2, 0) is 0 Å². The first-order valence-corrected chi connectivity index (χ1v) is 4.67. The Morgan fingerprint density at radius 1 is 1.06 bits per heavy atom. The van der Waals surface area contributed by atoms with Gasteiger partial charge in [0.2, 0.25) is 0 Å². The maximum atomic E-state index is 11.0. The SMILES string of the molecule is O=C(O)c1ncccc1-c1ccccc1O. The maximum absolute atomic E-state index is 11.0. The van der Waals surface area contributed by atoms with Crippen molar-refractivity contribution in [3.63, 3.8) is 0 Å². The largest absolute Gasteiger partial charge is 0.507 e. The molecule has 16 heavy (non-hydrogen) atoms. The molecule has 2 aromatic rings. The molecule has 80 valence electrons. The molecular formula is C12H9NO3. The molecule has 1 heterocycles. The third-order valence-corrected chi connectivity index (χ3v) is 2.20. The Kier molecular flexibility index (Phi) is 2.55. The zero-order chi connectivity index (χ0) is 11.5. The molecule has 2 N–H and O–H groups in total.